The van der Waals surface area contributed by atoms with Crippen LogP contribution in [-0.4, -0.2) is 35.2 Å². The smallest absolute Gasteiger partial charge is 0.107 e. The van der Waals surface area contributed by atoms with Crippen molar-refractivity contribution in [2.45, 2.75) is 31.9 Å². The van der Waals surface area contributed by atoms with Crippen molar-refractivity contribution < 1.29 is 4.74 Å². The summed E-state index contributed by atoms with van der Waals surface area (Å²) in [5, 5.41) is 3.18. The molecule has 1 aromatic heterocycles. The Morgan fingerprint density at radius 1 is 1.62 bits per heavy atom. The van der Waals surface area contributed by atoms with Crippen LogP contribution in [0.4, 0.5) is 0 Å². The molecule has 0 unspecified atom stereocenters. The first-order valence-corrected chi connectivity index (χ1v) is 6.86. The monoisotopic (exact) mass is 260 g/mol. The Morgan fingerprint density at radius 2 is 2.44 bits per heavy atom. The molecule has 0 spiro atoms. The van der Waals surface area contributed by atoms with E-state index in [1.807, 2.05) is 5.38 Å². The average Bonchev–Trinajstić information content (AvgIpc) is 2.64. The van der Waals surface area contributed by atoms with Gasteiger partial charge in [0.05, 0.1) is 30.3 Å². The standard InChI is InChI=1S/C11H17ClN2OS/c1-11(2)8-14(3-4-15-11)6-10-13-9(5-12)7-16-10/h7H,3-6,8H2,1-2H3. The molecular weight excluding hydrogens is 244 g/mol. The van der Waals surface area contributed by atoms with Crippen molar-refractivity contribution in [2.24, 2.45) is 0 Å². The van der Waals surface area contributed by atoms with Gasteiger partial charge >= 0.3 is 0 Å². The maximum Gasteiger partial charge on any atom is 0.107 e. The predicted octanol–water partition coefficient (Wildman–Crippen LogP) is 2.49. The molecule has 5 heteroatoms. The number of aromatic nitrogens is 1. The van der Waals surface area contributed by atoms with Crippen LogP contribution in [0, 0.1) is 0 Å². The Hall–Kier alpha value is -0.160. The topological polar surface area (TPSA) is 25.4 Å². The highest BCUT2D eigenvalue weighted by molar-refractivity contribution is 7.09. The number of ether oxygens (including phenoxy) is 1. The normalized spacial score (nSPS) is 21.2. The number of rotatable bonds is 3. The number of hydrogen-bond acceptors (Lipinski definition) is 4. The summed E-state index contributed by atoms with van der Waals surface area (Å²) in [5.41, 5.74) is 0.944. The number of thiazole rings is 1. The molecule has 0 radical (unpaired) electrons. The van der Waals surface area contributed by atoms with Crippen LogP contribution in [0.5, 0.6) is 0 Å². The van der Waals surface area contributed by atoms with Gasteiger partial charge in [0, 0.05) is 18.5 Å². The van der Waals surface area contributed by atoms with Crippen molar-refractivity contribution in [3.8, 4) is 0 Å². The summed E-state index contributed by atoms with van der Waals surface area (Å²) in [5.74, 6) is 0.505. The molecule has 1 aliphatic heterocycles. The van der Waals surface area contributed by atoms with E-state index in [0.29, 0.717) is 5.88 Å². The summed E-state index contributed by atoms with van der Waals surface area (Å²) < 4.78 is 5.68. The van der Waals surface area contributed by atoms with Gasteiger partial charge in [-0.15, -0.1) is 22.9 Å². The quantitative estimate of drug-likeness (QED) is 0.781. The molecule has 1 aliphatic rings. The Labute approximate surface area is 105 Å². The zero-order valence-corrected chi connectivity index (χ0v) is 11.3. The summed E-state index contributed by atoms with van der Waals surface area (Å²) in [4.78, 5) is 6.86. The molecule has 0 bridgehead atoms. The number of halogens is 1. The van der Waals surface area contributed by atoms with Crippen molar-refractivity contribution in [1.82, 2.24) is 9.88 Å². The van der Waals surface area contributed by atoms with Crippen LogP contribution in [0.3, 0.4) is 0 Å². The summed E-state index contributed by atoms with van der Waals surface area (Å²) in [7, 11) is 0. The van der Waals surface area contributed by atoms with Crippen LogP contribution < -0.4 is 0 Å². The van der Waals surface area contributed by atoms with E-state index < -0.39 is 0 Å². The lowest BCUT2D eigenvalue weighted by atomic mass is 10.1. The highest BCUT2D eigenvalue weighted by atomic mass is 35.5. The third-order valence-electron chi connectivity index (χ3n) is 2.60. The fourth-order valence-corrected chi connectivity index (χ4v) is 2.99. The van der Waals surface area contributed by atoms with Crippen LogP contribution >= 0.6 is 22.9 Å². The molecule has 1 aromatic rings. The van der Waals surface area contributed by atoms with Crippen LogP contribution in [0.2, 0.25) is 0 Å². The van der Waals surface area contributed by atoms with E-state index in [9.17, 15) is 0 Å². The molecule has 2 heterocycles. The maximum atomic E-state index is 5.74. The highest BCUT2D eigenvalue weighted by Crippen LogP contribution is 2.20. The van der Waals surface area contributed by atoms with Gasteiger partial charge in [-0.05, 0) is 13.8 Å². The SMILES string of the molecule is CC1(C)CN(Cc2nc(CCl)cs2)CCO1. The summed E-state index contributed by atoms with van der Waals surface area (Å²) in [6.07, 6.45) is 0. The van der Waals surface area contributed by atoms with E-state index in [-0.39, 0.29) is 5.60 Å². The molecule has 16 heavy (non-hydrogen) atoms. The average molecular weight is 261 g/mol. The van der Waals surface area contributed by atoms with E-state index in [0.717, 1.165) is 36.9 Å². The second kappa shape index (κ2) is 5.00. The molecule has 0 N–H and O–H groups in total. The Kier molecular flexibility index (Phi) is 3.85. The molecule has 0 saturated carbocycles. The molecular formula is C11H17ClN2OS. The van der Waals surface area contributed by atoms with Crippen molar-refractivity contribution in [3.05, 3.63) is 16.1 Å². The van der Waals surface area contributed by atoms with Gasteiger partial charge in [-0.2, -0.15) is 0 Å². The molecule has 0 atom stereocenters. The number of nitrogens with zero attached hydrogens (tertiary/aromatic N) is 2. The largest absolute Gasteiger partial charge is 0.373 e. The Morgan fingerprint density at radius 3 is 3.06 bits per heavy atom. The summed E-state index contributed by atoms with van der Waals surface area (Å²) in [6, 6.07) is 0. The number of hydrogen-bond donors (Lipinski definition) is 0. The lowest BCUT2D eigenvalue weighted by Crippen LogP contribution is -2.47. The minimum Gasteiger partial charge on any atom is -0.373 e. The molecule has 0 amide bonds. The van der Waals surface area contributed by atoms with Gasteiger partial charge < -0.3 is 4.74 Å². The summed E-state index contributed by atoms with van der Waals surface area (Å²) in [6.45, 7) is 7.92. The van der Waals surface area contributed by atoms with Gasteiger partial charge in [0.25, 0.3) is 0 Å². The fourth-order valence-electron chi connectivity index (χ4n) is 1.92. The van der Waals surface area contributed by atoms with Crippen LogP contribution in [0.1, 0.15) is 24.5 Å². The van der Waals surface area contributed by atoms with E-state index in [1.165, 1.54) is 0 Å². The van der Waals surface area contributed by atoms with Gasteiger partial charge in [-0.3, -0.25) is 4.90 Å². The van der Waals surface area contributed by atoms with Crippen molar-refractivity contribution in [1.29, 1.82) is 0 Å². The zero-order valence-electron chi connectivity index (χ0n) is 9.70. The van der Waals surface area contributed by atoms with Gasteiger partial charge in [0.1, 0.15) is 5.01 Å². The highest BCUT2D eigenvalue weighted by Gasteiger charge is 2.27. The predicted molar refractivity (Wildman–Crippen MR) is 67.0 cm³/mol. The molecule has 1 saturated heterocycles. The van der Waals surface area contributed by atoms with Crippen molar-refractivity contribution in [2.75, 3.05) is 19.7 Å². The molecule has 90 valence electrons. The minimum atomic E-state index is -0.0369. The third kappa shape index (κ3) is 3.17. The Balaban J connectivity index is 1.94. The van der Waals surface area contributed by atoms with Crippen LogP contribution in [-0.2, 0) is 17.2 Å². The van der Waals surface area contributed by atoms with Crippen LogP contribution in [0.15, 0.2) is 5.38 Å². The first-order valence-electron chi connectivity index (χ1n) is 5.45. The maximum absolute atomic E-state index is 5.74. The summed E-state index contributed by atoms with van der Waals surface area (Å²) >= 11 is 7.43. The second-order valence-corrected chi connectivity index (χ2v) is 5.89. The molecule has 0 aliphatic carbocycles. The number of morpholine rings is 1. The van der Waals surface area contributed by atoms with Crippen molar-refractivity contribution in [3.63, 3.8) is 0 Å². The molecule has 2 rings (SSSR count). The Bertz CT molecular complexity index is 354. The van der Waals surface area contributed by atoms with E-state index in [1.54, 1.807) is 11.3 Å². The van der Waals surface area contributed by atoms with Gasteiger partial charge in [-0.25, -0.2) is 4.98 Å². The number of alkyl halides is 1. The van der Waals surface area contributed by atoms with Gasteiger partial charge in [0.2, 0.25) is 0 Å². The molecule has 3 nitrogen and oxygen atoms in total. The third-order valence-corrected chi connectivity index (χ3v) is 3.76. The van der Waals surface area contributed by atoms with Crippen molar-refractivity contribution >= 4 is 22.9 Å². The van der Waals surface area contributed by atoms with Crippen LogP contribution in [0.25, 0.3) is 0 Å². The van der Waals surface area contributed by atoms with E-state index in [4.69, 9.17) is 16.3 Å². The lowest BCUT2D eigenvalue weighted by Gasteiger charge is -2.37. The van der Waals surface area contributed by atoms with E-state index >= 15 is 0 Å². The zero-order chi connectivity index (χ0) is 11.6. The minimum absolute atomic E-state index is 0.0369. The van der Waals surface area contributed by atoms with E-state index in [2.05, 4.69) is 23.7 Å². The van der Waals surface area contributed by atoms with Gasteiger partial charge in [0.15, 0.2) is 0 Å². The fraction of sp³-hybridized carbons (Fsp3) is 0.727. The van der Waals surface area contributed by atoms with Gasteiger partial charge in [-0.1, -0.05) is 0 Å². The molecule has 1 fully saturated rings. The first-order chi connectivity index (χ1) is 7.59. The lowest BCUT2D eigenvalue weighted by molar-refractivity contribution is -0.0882. The molecule has 0 aromatic carbocycles. The second-order valence-electron chi connectivity index (χ2n) is 4.69. The first kappa shape index (κ1) is 12.3.